The highest BCUT2D eigenvalue weighted by Crippen LogP contribution is 2.59. The van der Waals surface area contributed by atoms with Gasteiger partial charge < -0.3 is 0 Å². The Balaban J connectivity index is 1.51. The van der Waals surface area contributed by atoms with E-state index in [0.717, 1.165) is 0 Å². The molecule has 3 aliphatic rings. The smallest absolute Gasteiger partial charge is 0.0361 e. The highest BCUT2D eigenvalue weighted by molar-refractivity contribution is 9.10. The fourth-order valence-corrected chi connectivity index (χ4v) is 8.19. The van der Waals surface area contributed by atoms with Crippen molar-refractivity contribution in [1.29, 1.82) is 0 Å². The van der Waals surface area contributed by atoms with Crippen LogP contribution in [0.25, 0.3) is 31.3 Å². The monoisotopic (exact) mass is 514 g/mol. The van der Waals surface area contributed by atoms with E-state index >= 15 is 0 Å². The predicted molar refractivity (Wildman–Crippen MR) is 147 cm³/mol. The van der Waals surface area contributed by atoms with E-state index in [1.54, 1.807) is 0 Å². The van der Waals surface area contributed by atoms with Gasteiger partial charge in [0.15, 0.2) is 0 Å². The van der Waals surface area contributed by atoms with Crippen molar-refractivity contribution in [2.24, 2.45) is 0 Å². The highest BCUT2D eigenvalue weighted by atomic mass is 79.9. The SMILES string of the molecule is Brc1ccc(-c2cccc3sc4ccccc4c23)c2c1C1c3ccccc3C2c2ccccc21. The largest absolute Gasteiger partial charge is 0.135 e. The minimum Gasteiger partial charge on any atom is -0.135 e. The van der Waals surface area contributed by atoms with Gasteiger partial charge in [0.1, 0.15) is 0 Å². The molecule has 0 unspecified atom stereocenters. The van der Waals surface area contributed by atoms with E-state index in [0.29, 0.717) is 0 Å². The van der Waals surface area contributed by atoms with E-state index in [9.17, 15) is 0 Å². The third-order valence-electron chi connectivity index (χ3n) is 7.74. The molecular weight excluding hydrogens is 496 g/mol. The molecule has 0 spiro atoms. The lowest BCUT2D eigenvalue weighted by Crippen LogP contribution is -2.28. The Morgan fingerprint density at radius 1 is 0.500 bits per heavy atom. The molecule has 0 nitrogen and oxygen atoms in total. The van der Waals surface area contributed by atoms with Crippen LogP contribution in [0.15, 0.2) is 108 Å². The zero-order valence-corrected chi connectivity index (χ0v) is 20.7. The molecule has 2 heteroatoms. The van der Waals surface area contributed by atoms with Crippen LogP contribution in [-0.4, -0.2) is 0 Å². The van der Waals surface area contributed by atoms with Crippen LogP contribution in [0.4, 0.5) is 0 Å². The van der Waals surface area contributed by atoms with Crippen molar-refractivity contribution in [2.45, 2.75) is 11.8 Å². The summed E-state index contributed by atoms with van der Waals surface area (Å²) < 4.78 is 3.93. The third-order valence-corrected chi connectivity index (χ3v) is 9.57. The molecular formula is C32H19BrS. The van der Waals surface area contributed by atoms with Gasteiger partial charge in [-0.3, -0.25) is 0 Å². The molecule has 0 saturated carbocycles. The summed E-state index contributed by atoms with van der Waals surface area (Å²) in [5.74, 6) is 0.514. The number of rotatable bonds is 1. The number of benzene rings is 5. The first-order valence-corrected chi connectivity index (χ1v) is 13.3. The summed E-state index contributed by atoms with van der Waals surface area (Å²) in [5.41, 5.74) is 11.5. The molecule has 1 heterocycles. The van der Waals surface area contributed by atoms with Crippen molar-refractivity contribution in [3.8, 4) is 11.1 Å². The van der Waals surface area contributed by atoms with E-state index in [1.165, 1.54) is 69.2 Å². The molecule has 2 bridgehead atoms. The maximum absolute atomic E-state index is 3.98. The molecule has 0 N–H and O–H groups in total. The van der Waals surface area contributed by atoms with E-state index < -0.39 is 0 Å². The second-order valence-electron chi connectivity index (χ2n) is 9.32. The van der Waals surface area contributed by atoms with Crippen LogP contribution in [0.2, 0.25) is 0 Å². The summed E-state index contributed by atoms with van der Waals surface area (Å²) in [4.78, 5) is 0. The standard InChI is InChI=1S/C32H19BrS/c33-25-17-16-23(18-13-7-15-27-28(18)24-12-5-6-14-26(24)34-27)31-29-19-8-1-3-10-21(19)30(32(25)31)22-11-4-2-9-20(22)29/h1-17,29-30H. The Morgan fingerprint density at radius 3 is 1.79 bits per heavy atom. The Labute approximate surface area is 210 Å². The van der Waals surface area contributed by atoms with Crippen molar-refractivity contribution in [3.05, 3.63) is 141 Å². The summed E-state index contributed by atoms with van der Waals surface area (Å²) in [6.45, 7) is 0. The van der Waals surface area contributed by atoms with Gasteiger partial charge in [-0.25, -0.2) is 0 Å². The topological polar surface area (TPSA) is 0 Å². The van der Waals surface area contributed by atoms with Gasteiger partial charge in [-0.1, -0.05) is 101 Å². The number of fused-ring (bicyclic) bond motifs is 3. The van der Waals surface area contributed by atoms with E-state index in [4.69, 9.17) is 0 Å². The van der Waals surface area contributed by atoms with Crippen molar-refractivity contribution in [2.75, 3.05) is 0 Å². The summed E-state index contributed by atoms with van der Waals surface area (Å²) in [6, 6.07) is 38.4. The van der Waals surface area contributed by atoms with Gasteiger partial charge in [0, 0.05) is 36.5 Å². The van der Waals surface area contributed by atoms with E-state index in [1.807, 2.05) is 11.3 Å². The lowest BCUT2D eigenvalue weighted by atomic mass is 9.60. The average molecular weight is 515 g/mol. The van der Waals surface area contributed by atoms with Crippen LogP contribution in [-0.2, 0) is 0 Å². The van der Waals surface area contributed by atoms with Gasteiger partial charge in [0.2, 0.25) is 0 Å². The summed E-state index contributed by atoms with van der Waals surface area (Å²) in [5, 5.41) is 2.74. The fourth-order valence-electron chi connectivity index (χ4n) is 6.48. The van der Waals surface area contributed by atoms with Gasteiger partial charge >= 0.3 is 0 Å². The molecule has 1 aromatic heterocycles. The quantitative estimate of drug-likeness (QED) is 0.204. The van der Waals surface area contributed by atoms with Gasteiger partial charge in [-0.05, 0) is 62.7 Å². The van der Waals surface area contributed by atoms with Crippen molar-refractivity contribution < 1.29 is 0 Å². The lowest BCUT2D eigenvalue weighted by Gasteiger charge is -2.43. The van der Waals surface area contributed by atoms with E-state index in [2.05, 4.69) is 119 Å². The van der Waals surface area contributed by atoms with Crippen LogP contribution < -0.4 is 0 Å². The molecule has 5 aromatic carbocycles. The number of hydrogen-bond acceptors (Lipinski definition) is 1. The van der Waals surface area contributed by atoms with Crippen molar-refractivity contribution in [1.82, 2.24) is 0 Å². The first-order valence-electron chi connectivity index (χ1n) is 11.7. The minimum atomic E-state index is 0.250. The van der Waals surface area contributed by atoms with Crippen LogP contribution in [0, 0.1) is 0 Å². The van der Waals surface area contributed by atoms with Crippen LogP contribution >= 0.6 is 27.3 Å². The van der Waals surface area contributed by atoms with Crippen molar-refractivity contribution in [3.63, 3.8) is 0 Å². The lowest BCUT2D eigenvalue weighted by molar-refractivity contribution is 0.752. The molecule has 3 aliphatic carbocycles. The summed E-state index contributed by atoms with van der Waals surface area (Å²) in [6.07, 6.45) is 0. The Hall–Kier alpha value is -3.20. The fraction of sp³-hybridized carbons (Fsp3) is 0.0625. The molecule has 0 radical (unpaired) electrons. The number of thiophene rings is 1. The molecule has 0 amide bonds. The maximum atomic E-state index is 3.98. The Kier molecular flexibility index (Phi) is 3.89. The molecule has 0 atom stereocenters. The number of halogens is 1. The van der Waals surface area contributed by atoms with E-state index in [-0.39, 0.29) is 11.8 Å². The third kappa shape index (κ3) is 2.38. The van der Waals surface area contributed by atoms with Crippen molar-refractivity contribution >= 4 is 47.4 Å². The second-order valence-corrected chi connectivity index (χ2v) is 11.3. The Morgan fingerprint density at radius 2 is 1.09 bits per heavy atom. The molecule has 6 aromatic rings. The Bertz CT molecular complexity index is 1740. The molecule has 0 fully saturated rings. The minimum absolute atomic E-state index is 0.250. The average Bonchev–Trinajstić information content (AvgIpc) is 3.28. The first kappa shape index (κ1) is 19.1. The molecule has 9 rings (SSSR count). The predicted octanol–water partition coefficient (Wildman–Crippen LogP) is 9.47. The molecule has 0 aliphatic heterocycles. The zero-order chi connectivity index (χ0) is 22.4. The first-order chi connectivity index (χ1) is 16.8. The highest BCUT2D eigenvalue weighted by Gasteiger charge is 2.43. The van der Waals surface area contributed by atoms with Gasteiger partial charge in [-0.2, -0.15) is 0 Å². The second kappa shape index (κ2) is 6.91. The maximum Gasteiger partial charge on any atom is 0.0361 e. The zero-order valence-electron chi connectivity index (χ0n) is 18.3. The normalized spacial score (nSPS) is 17.6. The molecule has 34 heavy (non-hydrogen) atoms. The van der Waals surface area contributed by atoms with Crippen LogP contribution in [0.1, 0.15) is 45.2 Å². The van der Waals surface area contributed by atoms with Crippen LogP contribution in [0.5, 0.6) is 0 Å². The summed E-state index contributed by atoms with van der Waals surface area (Å²) in [7, 11) is 0. The van der Waals surface area contributed by atoms with Crippen LogP contribution in [0.3, 0.4) is 0 Å². The number of hydrogen-bond donors (Lipinski definition) is 0. The molecule has 160 valence electrons. The van der Waals surface area contributed by atoms with Gasteiger partial charge in [-0.15, -0.1) is 11.3 Å². The van der Waals surface area contributed by atoms with Gasteiger partial charge in [0.05, 0.1) is 0 Å². The van der Waals surface area contributed by atoms with Gasteiger partial charge in [0.25, 0.3) is 0 Å². The molecule has 0 saturated heterocycles. The summed E-state index contributed by atoms with van der Waals surface area (Å²) >= 11 is 5.87.